The van der Waals surface area contributed by atoms with E-state index in [0.29, 0.717) is 5.78 Å². The lowest BCUT2D eigenvalue weighted by atomic mass is 9.59. The molecule has 0 aliphatic heterocycles. The number of carbonyl (C=O) groups excluding carboxylic acids is 1. The first-order valence-corrected chi connectivity index (χ1v) is 5.36. The molecule has 74 valence electrons. The highest BCUT2D eigenvalue weighted by atomic mass is 16.3. The van der Waals surface area contributed by atoms with Crippen LogP contribution in [0.1, 0.15) is 45.4 Å². The maximum atomic E-state index is 11.8. The van der Waals surface area contributed by atoms with Crippen LogP contribution < -0.4 is 0 Å². The molecule has 2 saturated carbocycles. The van der Waals surface area contributed by atoms with Crippen molar-refractivity contribution in [3.63, 3.8) is 0 Å². The van der Waals surface area contributed by atoms with Crippen molar-refractivity contribution < 1.29 is 9.90 Å². The van der Waals surface area contributed by atoms with Crippen LogP contribution in [0.5, 0.6) is 0 Å². The van der Waals surface area contributed by atoms with E-state index in [2.05, 4.69) is 6.92 Å². The average Bonchev–Trinajstić information content (AvgIpc) is 2.08. The predicted molar refractivity (Wildman–Crippen MR) is 50.3 cm³/mol. The van der Waals surface area contributed by atoms with Crippen molar-refractivity contribution >= 4 is 5.78 Å². The third kappa shape index (κ3) is 1.32. The largest absolute Gasteiger partial charge is 0.393 e. The van der Waals surface area contributed by atoms with Gasteiger partial charge < -0.3 is 5.11 Å². The van der Waals surface area contributed by atoms with Crippen molar-refractivity contribution in [1.82, 2.24) is 0 Å². The second-order valence-electron chi connectivity index (χ2n) is 4.80. The Morgan fingerprint density at radius 3 is 2.85 bits per heavy atom. The van der Waals surface area contributed by atoms with Gasteiger partial charge in [-0.15, -0.1) is 0 Å². The van der Waals surface area contributed by atoms with E-state index in [1.807, 2.05) is 0 Å². The average molecular weight is 182 g/mol. The molecule has 0 aromatic carbocycles. The van der Waals surface area contributed by atoms with E-state index in [9.17, 15) is 9.90 Å². The number of hydrogen-bond acceptors (Lipinski definition) is 2. The fraction of sp³-hybridized carbons (Fsp3) is 0.909. The molecule has 0 spiro atoms. The highest BCUT2D eigenvalue weighted by Gasteiger charge is 2.47. The minimum absolute atomic E-state index is 0.185. The summed E-state index contributed by atoms with van der Waals surface area (Å²) in [6, 6.07) is 0. The maximum absolute atomic E-state index is 11.8. The monoisotopic (exact) mass is 182 g/mol. The summed E-state index contributed by atoms with van der Waals surface area (Å²) in [6.07, 6.45) is 5.45. The molecule has 2 nitrogen and oxygen atoms in total. The summed E-state index contributed by atoms with van der Waals surface area (Å²) in [5.74, 6) is 0.644. The Morgan fingerprint density at radius 2 is 2.15 bits per heavy atom. The van der Waals surface area contributed by atoms with Crippen LogP contribution >= 0.6 is 0 Å². The van der Waals surface area contributed by atoms with E-state index < -0.39 is 0 Å². The van der Waals surface area contributed by atoms with Crippen molar-refractivity contribution in [2.45, 2.75) is 51.6 Å². The zero-order valence-corrected chi connectivity index (χ0v) is 8.25. The first-order chi connectivity index (χ1) is 6.14. The molecule has 2 rings (SSSR count). The van der Waals surface area contributed by atoms with Gasteiger partial charge in [0.2, 0.25) is 0 Å². The van der Waals surface area contributed by atoms with E-state index in [1.165, 1.54) is 0 Å². The zero-order chi connectivity index (χ0) is 9.47. The third-order valence-corrected chi connectivity index (χ3v) is 4.03. The number of Topliss-reactive ketones (excluding diaryl/α,β-unsaturated/α-hetero) is 1. The van der Waals surface area contributed by atoms with Gasteiger partial charge in [0, 0.05) is 11.8 Å². The molecule has 0 aromatic heterocycles. The Balaban J connectivity index is 2.24. The standard InChI is InChI=1S/C11H18O2/c1-11-7-3-5-9(12)8(11)4-2-6-10(11)13/h8-9,12H,2-7H2,1H3/t8?,9-,11-/m0/s1. The van der Waals surface area contributed by atoms with Crippen molar-refractivity contribution in [3.8, 4) is 0 Å². The summed E-state index contributed by atoms with van der Waals surface area (Å²) in [4.78, 5) is 11.8. The smallest absolute Gasteiger partial charge is 0.139 e. The van der Waals surface area contributed by atoms with Gasteiger partial charge in [0.05, 0.1) is 6.10 Å². The lowest BCUT2D eigenvalue weighted by Crippen LogP contribution is -2.47. The van der Waals surface area contributed by atoms with E-state index in [1.54, 1.807) is 0 Å². The molecule has 0 heterocycles. The quantitative estimate of drug-likeness (QED) is 0.621. The first-order valence-electron chi connectivity index (χ1n) is 5.36. The molecule has 3 atom stereocenters. The third-order valence-electron chi connectivity index (χ3n) is 4.03. The molecule has 2 aliphatic rings. The second kappa shape index (κ2) is 3.09. The van der Waals surface area contributed by atoms with Crippen LogP contribution in [0, 0.1) is 11.3 Å². The number of rotatable bonds is 0. The van der Waals surface area contributed by atoms with Crippen molar-refractivity contribution in [2.24, 2.45) is 11.3 Å². The molecule has 0 radical (unpaired) electrons. The lowest BCUT2D eigenvalue weighted by molar-refractivity contribution is -0.142. The summed E-state index contributed by atoms with van der Waals surface area (Å²) in [7, 11) is 0. The topological polar surface area (TPSA) is 37.3 Å². The number of hydrogen-bond donors (Lipinski definition) is 1. The van der Waals surface area contributed by atoms with E-state index in [4.69, 9.17) is 0 Å². The van der Waals surface area contributed by atoms with E-state index in [0.717, 1.165) is 38.5 Å². The molecule has 1 unspecified atom stereocenters. The van der Waals surface area contributed by atoms with Crippen LogP contribution in [0.4, 0.5) is 0 Å². The number of carbonyl (C=O) groups is 1. The fourth-order valence-electron chi connectivity index (χ4n) is 3.11. The SMILES string of the molecule is C[C@]12CCC[C@H](O)C1CCCC2=O. The summed E-state index contributed by atoms with van der Waals surface area (Å²) in [5, 5.41) is 9.84. The lowest BCUT2D eigenvalue weighted by Gasteiger charge is -2.46. The summed E-state index contributed by atoms with van der Waals surface area (Å²) in [5.41, 5.74) is -0.185. The minimum Gasteiger partial charge on any atom is -0.393 e. The van der Waals surface area contributed by atoms with Gasteiger partial charge in [-0.1, -0.05) is 6.92 Å². The molecular formula is C11H18O2. The summed E-state index contributed by atoms with van der Waals surface area (Å²) >= 11 is 0. The minimum atomic E-state index is -0.219. The van der Waals surface area contributed by atoms with Crippen molar-refractivity contribution in [1.29, 1.82) is 0 Å². The fourth-order valence-corrected chi connectivity index (χ4v) is 3.11. The summed E-state index contributed by atoms with van der Waals surface area (Å²) < 4.78 is 0. The molecule has 13 heavy (non-hydrogen) atoms. The molecule has 2 fully saturated rings. The highest BCUT2D eigenvalue weighted by Crippen LogP contribution is 2.47. The van der Waals surface area contributed by atoms with E-state index in [-0.39, 0.29) is 17.4 Å². The highest BCUT2D eigenvalue weighted by molar-refractivity contribution is 5.85. The van der Waals surface area contributed by atoms with Gasteiger partial charge >= 0.3 is 0 Å². The normalized spacial score (nSPS) is 45.8. The van der Waals surface area contributed by atoms with Crippen LogP contribution in [-0.2, 0) is 4.79 Å². The maximum Gasteiger partial charge on any atom is 0.139 e. The Kier molecular flexibility index (Phi) is 2.18. The van der Waals surface area contributed by atoms with Crippen LogP contribution in [0.3, 0.4) is 0 Å². The van der Waals surface area contributed by atoms with Gasteiger partial charge in [0.15, 0.2) is 0 Å². The molecular weight excluding hydrogens is 164 g/mol. The number of aliphatic hydroxyl groups excluding tert-OH is 1. The van der Waals surface area contributed by atoms with Gasteiger partial charge in [-0.05, 0) is 38.0 Å². The zero-order valence-electron chi connectivity index (χ0n) is 8.25. The Labute approximate surface area is 79.3 Å². The predicted octanol–water partition coefficient (Wildman–Crippen LogP) is 1.91. The summed E-state index contributed by atoms with van der Waals surface area (Å²) in [6.45, 7) is 2.06. The van der Waals surface area contributed by atoms with Crippen LogP contribution in [0.25, 0.3) is 0 Å². The molecule has 0 aromatic rings. The van der Waals surface area contributed by atoms with Gasteiger partial charge in [-0.2, -0.15) is 0 Å². The Morgan fingerprint density at radius 1 is 1.38 bits per heavy atom. The van der Waals surface area contributed by atoms with Gasteiger partial charge in [-0.25, -0.2) is 0 Å². The van der Waals surface area contributed by atoms with Crippen molar-refractivity contribution in [2.75, 3.05) is 0 Å². The first kappa shape index (κ1) is 9.20. The van der Waals surface area contributed by atoms with Crippen molar-refractivity contribution in [3.05, 3.63) is 0 Å². The molecule has 2 aliphatic carbocycles. The Bertz CT molecular complexity index is 224. The molecule has 2 heteroatoms. The molecule has 1 N–H and O–H groups in total. The molecule has 0 amide bonds. The van der Waals surface area contributed by atoms with Gasteiger partial charge in [0.1, 0.15) is 5.78 Å². The Hall–Kier alpha value is -0.370. The molecule has 0 saturated heterocycles. The number of ketones is 1. The van der Waals surface area contributed by atoms with E-state index >= 15 is 0 Å². The van der Waals surface area contributed by atoms with Crippen LogP contribution in [-0.4, -0.2) is 17.0 Å². The van der Waals surface area contributed by atoms with Gasteiger partial charge in [0.25, 0.3) is 0 Å². The molecule has 0 bridgehead atoms. The number of fused-ring (bicyclic) bond motifs is 1. The number of aliphatic hydroxyl groups is 1. The van der Waals surface area contributed by atoms with Crippen LogP contribution in [0.2, 0.25) is 0 Å². The van der Waals surface area contributed by atoms with Crippen LogP contribution in [0.15, 0.2) is 0 Å². The van der Waals surface area contributed by atoms with Gasteiger partial charge in [-0.3, -0.25) is 4.79 Å². The second-order valence-corrected chi connectivity index (χ2v) is 4.80.